The van der Waals surface area contributed by atoms with Crippen LogP contribution in [0, 0.1) is 45.3 Å². The molecule has 0 unspecified atom stereocenters. The molecule has 46 heavy (non-hydrogen) atoms. The lowest BCUT2D eigenvalue weighted by molar-refractivity contribution is 0.295. The number of hydrogen-bond acceptors (Lipinski definition) is 6. The van der Waals surface area contributed by atoms with Gasteiger partial charge in [0, 0.05) is 11.1 Å². The van der Waals surface area contributed by atoms with Crippen molar-refractivity contribution in [2.24, 2.45) is 0 Å². The summed E-state index contributed by atoms with van der Waals surface area (Å²) in [6.45, 7) is 5.41. The van der Waals surface area contributed by atoms with Crippen LogP contribution in [0.1, 0.15) is 111 Å². The fraction of sp³-hybridized carbons (Fsp3) is 0.350. The van der Waals surface area contributed by atoms with Crippen molar-refractivity contribution in [2.45, 2.75) is 78.1 Å². The molecule has 0 fully saturated rings. The molecule has 0 saturated carbocycles. The van der Waals surface area contributed by atoms with Gasteiger partial charge in [-0.3, -0.25) is 0 Å². The third-order valence-corrected chi connectivity index (χ3v) is 7.64. The highest BCUT2D eigenvalue weighted by Gasteiger charge is 2.14. The van der Waals surface area contributed by atoms with Gasteiger partial charge in [0.15, 0.2) is 0 Å². The van der Waals surface area contributed by atoms with Gasteiger partial charge in [-0.05, 0) is 72.5 Å². The molecule has 6 heteroatoms. The predicted molar refractivity (Wildman–Crippen MR) is 184 cm³/mol. The topological polar surface area (TPSA) is 114 Å². The van der Waals surface area contributed by atoms with Gasteiger partial charge in [0.25, 0.3) is 0 Å². The van der Waals surface area contributed by atoms with Crippen molar-refractivity contribution in [2.75, 3.05) is 13.2 Å². The number of nitrogens with zero attached hydrogens (tertiary/aromatic N) is 4. The van der Waals surface area contributed by atoms with Crippen LogP contribution < -0.4 is 9.47 Å². The summed E-state index contributed by atoms with van der Waals surface area (Å²) in [7, 11) is 0. The van der Waals surface area contributed by atoms with Crippen LogP contribution in [0.5, 0.6) is 11.5 Å². The molecule has 0 radical (unpaired) electrons. The minimum Gasteiger partial charge on any atom is -0.493 e. The molecule has 3 aromatic rings. The van der Waals surface area contributed by atoms with Crippen molar-refractivity contribution >= 4 is 23.3 Å². The first-order valence-corrected chi connectivity index (χ1v) is 16.2. The maximum absolute atomic E-state index is 10.1. The second-order valence-corrected chi connectivity index (χ2v) is 11.2. The van der Waals surface area contributed by atoms with Crippen LogP contribution in [0.3, 0.4) is 0 Å². The molecule has 0 heterocycles. The normalized spacial score (nSPS) is 11.2. The Kier molecular flexibility index (Phi) is 15.2. The van der Waals surface area contributed by atoms with E-state index in [4.69, 9.17) is 9.47 Å². The highest BCUT2D eigenvalue weighted by molar-refractivity contribution is 5.93. The molecule has 6 nitrogen and oxygen atoms in total. The second kappa shape index (κ2) is 19.9. The molecule has 3 aromatic carbocycles. The fourth-order valence-corrected chi connectivity index (χ4v) is 4.96. The summed E-state index contributed by atoms with van der Waals surface area (Å²) in [5.41, 5.74) is 4.70. The third kappa shape index (κ3) is 11.0. The van der Waals surface area contributed by atoms with E-state index in [1.807, 2.05) is 12.1 Å². The van der Waals surface area contributed by atoms with E-state index in [1.54, 1.807) is 60.7 Å². The Labute approximate surface area is 274 Å². The average molecular weight is 611 g/mol. The van der Waals surface area contributed by atoms with E-state index in [2.05, 4.69) is 38.1 Å². The van der Waals surface area contributed by atoms with Crippen LogP contribution in [0.25, 0.3) is 23.3 Å². The van der Waals surface area contributed by atoms with E-state index in [0.717, 1.165) is 51.4 Å². The van der Waals surface area contributed by atoms with Crippen LogP contribution in [-0.2, 0) is 0 Å². The zero-order valence-electron chi connectivity index (χ0n) is 27.0. The first-order chi connectivity index (χ1) is 22.6. The van der Waals surface area contributed by atoms with Crippen molar-refractivity contribution in [3.63, 3.8) is 0 Å². The first-order valence-electron chi connectivity index (χ1n) is 16.2. The molecule has 0 aliphatic heterocycles. The third-order valence-electron chi connectivity index (χ3n) is 7.64. The summed E-state index contributed by atoms with van der Waals surface area (Å²) in [6, 6.07) is 26.5. The van der Waals surface area contributed by atoms with Gasteiger partial charge >= 0.3 is 0 Å². The Bertz CT molecular complexity index is 1520. The molecule has 0 atom stereocenters. The highest BCUT2D eigenvalue weighted by atomic mass is 16.5. The Morgan fingerprint density at radius 2 is 0.913 bits per heavy atom. The molecule has 234 valence electrons. The van der Waals surface area contributed by atoms with Crippen LogP contribution in [-0.4, -0.2) is 13.2 Å². The minimum absolute atomic E-state index is 0.432. The van der Waals surface area contributed by atoms with Crippen molar-refractivity contribution in [1.29, 1.82) is 21.0 Å². The second-order valence-electron chi connectivity index (χ2n) is 11.2. The number of unbranched alkanes of at least 4 members (excludes halogenated alkanes) is 8. The summed E-state index contributed by atoms with van der Waals surface area (Å²) in [5.74, 6) is 1.19. The molecule has 0 bridgehead atoms. The maximum Gasteiger partial charge on any atom is 0.127 e. The molecule has 0 N–H and O–H groups in total. The van der Waals surface area contributed by atoms with Gasteiger partial charge in [-0.15, -0.1) is 0 Å². The molecule has 3 rings (SSSR count). The SMILES string of the molecule is CCCCCCCOc1cc(/C=C(\C#N)c2ccc(C#N)cc2)c(OCCCCCCC)cc1/C=C(\C#N)c1ccc(C#N)cc1. The number of benzene rings is 3. The van der Waals surface area contributed by atoms with Gasteiger partial charge in [-0.25, -0.2) is 0 Å². The van der Waals surface area contributed by atoms with Gasteiger partial charge in [0.1, 0.15) is 11.5 Å². The smallest absolute Gasteiger partial charge is 0.127 e. The number of rotatable bonds is 18. The summed E-state index contributed by atoms with van der Waals surface area (Å²) in [5, 5.41) is 38.7. The van der Waals surface area contributed by atoms with Crippen LogP contribution in [0.15, 0.2) is 60.7 Å². The zero-order valence-corrected chi connectivity index (χ0v) is 27.0. The van der Waals surface area contributed by atoms with Gasteiger partial charge in [-0.1, -0.05) is 89.5 Å². The molecule has 0 amide bonds. The summed E-state index contributed by atoms with van der Waals surface area (Å²) >= 11 is 0. The number of allylic oxidation sites excluding steroid dienone is 2. The summed E-state index contributed by atoms with van der Waals surface area (Å²) in [6.07, 6.45) is 14.5. The maximum atomic E-state index is 10.1. The van der Waals surface area contributed by atoms with Crippen molar-refractivity contribution < 1.29 is 9.47 Å². The summed E-state index contributed by atoms with van der Waals surface area (Å²) in [4.78, 5) is 0. The molecule has 0 spiro atoms. The van der Waals surface area contributed by atoms with Crippen LogP contribution in [0.4, 0.5) is 0 Å². The number of ether oxygens (including phenoxy) is 2. The Balaban J connectivity index is 2.09. The van der Waals surface area contributed by atoms with Gasteiger partial charge < -0.3 is 9.47 Å². The highest BCUT2D eigenvalue weighted by Crippen LogP contribution is 2.35. The predicted octanol–water partition coefficient (Wildman–Crippen LogP) is 10.3. The van der Waals surface area contributed by atoms with E-state index in [9.17, 15) is 21.0 Å². The van der Waals surface area contributed by atoms with Crippen molar-refractivity contribution in [3.8, 4) is 35.8 Å². The van der Waals surface area contributed by atoms with E-state index in [-0.39, 0.29) is 0 Å². The van der Waals surface area contributed by atoms with E-state index >= 15 is 0 Å². The molecule has 0 aliphatic carbocycles. The summed E-state index contributed by atoms with van der Waals surface area (Å²) < 4.78 is 12.7. The molecule has 0 aromatic heterocycles. The minimum atomic E-state index is 0.432. The monoisotopic (exact) mass is 610 g/mol. The van der Waals surface area contributed by atoms with E-state index in [0.29, 0.717) is 69.2 Å². The largest absolute Gasteiger partial charge is 0.493 e. The molecule has 0 saturated heterocycles. The fourth-order valence-electron chi connectivity index (χ4n) is 4.96. The van der Waals surface area contributed by atoms with Crippen molar-refractivity contribution in [3.05, 3.63) is 94.0 Å². The molecular weight excluding hydrogens is 568 g/mol. The Hall–Kier alpha value is -5.30. The lowest BCUT2D eigenvalue weighted by Crippen LogP contribution is -2.03. The van der Waals surface area contributed by atoms with Gasteiger partial charge in [0.2, 0.25) is 0 Å². The lowest BCUT2D eigenvalue weighted by atomic mass is 9.98. The average Bonchev–Trinajstić information content (AvgIpc) is 3.10. The standard InChI is InChI=1S/C40H42N4O2/c1-3-5-7-9-11-21-45-39-25-36(24-38(30-44)34-19-15-32(28-42)16-20-34)40(46-22-12-10-8-6-4-2)26-35(39)23-37(29-43)33-17-13-31(27-41)14-18-33/h13-20,23-26H,3-12,21-22H2,1-2H3/b37-23+,38-24+. The van der Waals surface area contributed by atoms with Gasteiger partial charge in [-0.2, -0.15) is 21.0 Å². The van der Waals surface area contributed by atoms with Crippen molar-refractivity contribution in [1.82, 2.24) is 0 Å². The number of hydrogen-bond donors (Lipinski definition) is 0. The van der Waals surface area contributed by atoms with E-state index < -0.39 is 0 Å². The molecular formula is C40H42N4O2. The van der Waals surface area contributed by atoms with Gasteiger partial charge in [0.05, 0.1) is 59.8 Å². The first kappa shape index (κ1) is 35.2. The van der Waals surface area contributed by atoms with Crippen LogP contribution >= 0.6 is 0 Å². The lowest BCUT2D eigenvalue weighted by Gasteiger charge is -2.16. The Morgan fingerprint density at radius 3 is 1.24 bits per heavy atom. The van der Waals surface area contributed by atoms with Crippen LogP contribution in [0.2, 0.25) is 0 Å². The Morgan fingerprint density at radius 1 is 0.543 bits per heavy atom. The quantitative estimate of drug-likeness (QED) is 0.0804. The zero-order chi connectivity index (χ0) is 33.0. The number of nitriles is 4. The van der Waals surface area contributed by atoms with E-state index in [1.165, 1.54) is 12.8 Å². The molecule has 0 aliphatic rings.